The van der Waals surface area contributed by atoms with Gasteiger partial charge in [0.05, 0.1) is 0 Å². The molecule has 5 N–H and O–H groups in total. The first-order valence-electron chi connectivity index (χ1n) is 9.03. The van der Waals surface area contributed by atoms with E-state index >= 15 is 0 Å². The standard InChI is InChI=1S/C20H33N3O3/c1-19(2,3)14-11-13(12-15(16(14)24)20(4,5)6)9-7-8-10-22-17(25)18(26)23-21/h11-12,24H,7-10,21H2,1-6H3,(H,22,25)(H,23,26). The van der Waals surface area contributed by atoms with Gasteiger partial charge in [-0.2, -0.15) is 0 Å². The maximum atomic E-state index is 11.3. The van der Waals surface area contributed by atoms with E-state index in [9.17, 15) is 14.7 Å². The first kappa shape index (κ1) is 22.0. The number of unbranched alkanes of at least 4 members (excludes halogenated alkanes) is 1. The Bertz CT molecular complexity index is 620. The summed E-state index contributed by atoms with van der Waals surface area (Å²) in [6.45, 7) is 13.0. The zero-order chi connectivity index (χ0) is 20.1. The average Bonchev–Trinajstić information content (AvgIpc) is 2.52. The predicted molar refractivity (Wildman–Crippen MR) is 104 cm³/mol. The van der Waals surface area contributed by atoms with Crippen molar-refractivity contribution in [2.24, 2.45) is 5.84 Å². The van der Waals surface area contributed by atoms with Crippen LogP contribution in [0.5, 0.6) is 5.75 Å². The van der Waals surface area contributed by atoms with Gasteiger partial charge in [-0.3, -0.25) is 15.0 Å². The number of phenolic OH excluding ortho intramolecular Hbond substituents is 1. The summed E-state index contributed by atoms with van der Waals surface area (Å²) in [6, 6.07) is 4.15. The minimum absolute atomic E-state index is 0.149. The molecule has 1 aromatic rings. The van der Waals surface area contributed by atoms with Gasteiger partial charge in [-0.1, -0.05) is 53.7 Å². The van der Waals surface area contributed by atoms with Gasteiger partial charge in [0, 0.05) is 6.54 Å². The molecule has 1 rings (SSSR count). The number of amides is 2. The van der Waals surface area contributed by atoms with Gasteiger partial charge in [0.25, 0.3) is 0 Å². The van der Waals surface area contributed by atoms with Crippen LogP contribution in [0.1, 0.15) is 71.1 Å². The van der Waals surface area contributed by atoms with E-state index in [1.165, 1.54) is 5.56 Å². The number of nitrogens with one attached hydrogen (secondary N) is 2. The molecule has 0 aromatic heterocycles. The lowest BCUT2D eigenvalue weighted by Gasteiger charge is -2.28. The number of rotatable bonds is 5. The molecule has 0 spiro atoms. The van der Waals surface area contributed by atoms with Gasteiger partial charge in [0.15, 0.2) is 0 Å². The molecule has 0 saturated heterocycles. The average molecular weight is 364 g/mol. The van der Waals surface area contributed by atoms with Crippen molar-refractivity contribution in [3.63, 3.8) is 0 Å². The molecule has 0 bridgehead atoms. The number of phenols is 1. The van der Waals surface area contributed by atoms with E-state index in [1.54, 1.807) is 5.43 Å². The van der Waals surface area contributed by atoms with Crippen molar-refractivity contribution in [1.29, 1.82) is 0 Å². The van der Waals surface area contributed by atoms with E-state index in [0.29, 0.717) is 12.3 Å². The molecule has 0 aliphatic carbocycles. The van der Waals surface area contributed by atoms with E-state index in [2.05, 4.69) is 59.0 Å². The lowest BCUT2D eigenvalue weighted by atomic mass is 9.78. The van der Waals surface area contributed by atoms with Crippen LogP contribution in [0.25, 0.3) is 0 Å². The summed E-state index contributed by atoms with van der Waals surface area (Å²) in [5, 5.41) is 13.3. The Hall–Kier alpha value is -2.08. The maximum absolute atomic E-state index is 11.3. The second-order valence-electron chi connectivity index (χ2n) is 8.73. The quantitative estimate of drug-likeness (QED) is 0.212. The van der Waals surface area contributed by atoms with Crippen LogP contribution in [-0.2, 0) is 26.8 Å². The van der Waals surface area contributed by atoms with Gasteiger partial charge >= 0.3 is 11.8 Å². The minimum Gasteiger partial charge on any atom is -0.507 e. The molecule has 0 aliphatic rings. The normalized spacial score (nSPS) is 12.0. The number of carbonyl (C=O) groups excluding carboxylic acids is 2. The van der Waals surface area contributed by atoms with Gasteiger partial charge in [0.1, 0.15) is 5.75 Å². The molecule has 0 unspecified atom stereocenters. The fourth-order valence-corrected chi connectivity index (χ4v) is 2.78. The smallest absolute Gasteiger partial charge is 0.323 e. The molecular formula is C20H33N3O3. The number of aryl methyl sites for hydroxylation is 1. The van der Waals surface area contributed by atoms with Crippen molar-refractivity contribution in [3.05, 3.63) is 28.8 Å². The summed E-state index contributed by atoms with van der Waals surface area (Å²) in [5.41, 5.74) is 4.58. The number of nitrogens with two attached hydrogens (primary N) is 1. The highest BCUT2D eigenvalue weighted by molar-refractivity contribution is 6.34. The van der Waals surface area contributed by atoms with Crippen LogP contribution in [0, 0.1) is 0 Å². The molecule has 0 saturated carbocycles. The third-order valence-electron chi connectivity index (χ3n) is 4.30. The van der Waals surface area contributed by atoms with E-state index < -0.39 is 11.8 Å². The Kier molecular flexibility index (Phi) is 7.21. The molecule has 0 radical (unpaired) electrons. The highest BCUT2D eigenvalue weighted by atomic mass is 16.3. The molecule has 6 heteroatoms. The van der Waals surface area contributed by atoms with Gasteiger partial charge in [-0.15, -0.1) is 0 Å². The van der Waals surface area contributed by atoms with Crippen LogP contribution < -0.4 is 16.6 Å². The minimum atomic E-state index is -0.840. The number of benzene rings is 1. The zero-order valence-electron chi connectivity index (χ0n) is 16.8. The van der Waals surface area contributed by atoms with E-state index in [-0.39, 0.29) is 10.8 Å². The van der Waals surface area contributed by atoms with Crippen molar-refractivity contribution >= 4 is 11.8 Å². The predicted octanol–water partition coefficient (Wildman–Crippen LogP) is 2.42. The van der Waals surface area contributed by atoms with Crippen molar-refractivity contribution in [2.45, 2.75) is 71.6 Å². The zero-order valence-corrected chi connectivity index (χ0v) is 16.8. The summed E-state index contributed by atoms with van der Waals surface area (Å²) in [4.78, 5) is 22.3. The van der Waals surface area contributed by atoms with Crippen LogP contribution in [0.3, 0.4) is 0 Å². The van der Waals surface area contributed by atoms with Gasteiger partial charge < -0.3 is 10.4 Å². The number of carbonyl (C=O) groups is 2. The van der Waals surface area contributed by atoms with Crippen molar-refractivity contribution < 1.29 is 14.7 Å². The topological polar surface area (TPSA) is 104 Å². The second-order valence-corrected chi connectivity index (χ2v) is 8.73. The molecule has 0 aliphatic heterocycles. The van der Waals surface area contributed by atoms with E-state index in [1.807, 2.05) is 0 Å². The Morgan fingerprint density at radius 2 is 1.46 bits per heavy atom. The maximum Gasteiger partial charge on any atom is 0.323 e. The van der Waals surface area contributed by atoms with Gasteiger partial charge in [-0.25, -0.2) is 5.84 Å². The Morgan fingerprint density at radius 1 is 0.962 bits per heavy atom. The molecular weight excluding hydrogens is 330 g/mol. The number of hydrogen-bond acceptors (Lipinski definition) is 4. The Balaban J connectivity index is 2.81. The lowest BCUT2D eigenvalue weighted by Crippen LogP contribution is -2.43. The number of hydrogen-bond donors (Lipinski definition) is 4. The van der Waals surface area contributed by atoms with Crippen LogP contribution in [-0.4, -0.2) is 23.5 Å². The molecule has 0 atom stereocenters. The van der Waals surface area contributed by atoms with Gasteiger partial charge in [0.2, 0.25) is 0 Å². The Labute approximate surface area is 156 Å². The highest BCUT2D eigenvalue weighted by Gasteiger charge is 2.26. The Morgan fingerprint density at radius 3 is 1.88 bits per heavy atom. The van der Waals surface area contributed by atoms with E-state index in [4.69, 9.17) is 5.84 Å². The highest BCUT2D eigenvalue weighted by Crippen LogP contribution is 2.39. The van der Waals surface area contributed by atoms with Gasteiger partial charge in [-0.05, 0) is 46.8 Å². The van der Waals surface area contributed by atoms with Crippen LogP contribution in [0.15, 0.2) is 12.1 Å². The molecule has 0 heterocycles. The van der Waals surface area contributed by atoms with E-state index in [0.717, 1.165) is 30.4 Å². The molecule has 1 aromatic carbocycles. The fraction of sp³-hybridized carbons (Fsp3) is 0.600. The lowest BCUT2D eigenvalue weighted by molar-refractivity contribution is -0.139. The monoisotopic (exact) mass is 363 g/mol. The molecule has 0 fully saturated rings. The summed E-state index contributed by atoms with van der Waals surface area (Å²) in [7, 11) is 0. The fourth-order valence-electron chi connectivity index (χ4n) is 2.78. The SMILES string of the molecule is CC(C)(C)c1cc(CCCCNC(=O)C(=O)NN)cc(C(C)(C)C)c1O. The first-order valence-corrected chi connectivity index (χ1v) is 9.03. The van der Waals surface area contributed by atoms with Crippen molar-refractivity contribution in [3.8, 4) is 5.75 Å². The molecule has 146 valence electrons. The summed E-state index contributed by atoms with van der Waals surface area (Å²) in [5.74, 6) is 3.73. The third-order valence-corrected chi connectivity index (χ3v) is 4.30. The van der Waals surface area contributed by atoms with Crippen molar-refractivity contribution in [1.82, 2.24) is 10.7 Å². The van der Waals surface area contributed by atoms with Crippen molar-refractivity contribution in [2.75, 3.05) is 6.54 Å². The molecule has 2 amide bonds. The summed E-state index contributed by atoms with van der Waals surface area (Å²) < 4.78 is 0. The largest absolute Gasteiger partial charge is 0.507 e. The van der Waals surface area contributed by atoms with Crippen LogP contribution >= 0.6 is 0 Å². The molecule has 26 heavy (non-hydrogen) atoms. The first-order chi connectivity index (χ1) is 11.9. The second kappa shape index (κ2) is 8.54. The number of hydrazine groups is 1. The molecule has 6 nitrogen and oxygen atoms in total. The van der Waals surface area contributed by atoms with Crippen LogP contribution in [0.4, 0.5) is 0 Å². The summed E-state index contributed by atoms with van der Waals surface area (Å²) in [6.07, 6.45) is 2.45. The number of aromatic hydroxyl groups is 1. The summed E-state index contributed by atoms with van der Waals surface area (Å²) >= 11 is 0. The van der Waals surface area contributed by atoms with Crippen LogP contribution in [0.2, 0.25) is 0 Å². The third kappa shape index (κ3) is 6.02.